The summed E-state index contributed by atoms with van der Waals surface area (Å²) in [4.78, 5) is 20.1. The lowest BCUT2D eigenvalue weighted by Gasteiger charge is -2.22. The summed E-state index contributed by atoms with van der Waals surface area (Å²) in [5.41, 5.74) is 0. The predicted molar refractivity (Wildman–Crippen MR) is 109 cm³/mol. The molecule has 26 heavy (non-hydrogen) atoms. The standard InChI is InChI=1S/C12H24.2C5H8O2/c1-5-10-8-9(4)11(6-2)12(10)7-3;2*1-3-5(6)7-4-2/h9-12H,5-8H2,1-4H3;2*3H,1,4H2,2H3. The normalized spacial score (nSPS) is 23.5. The molecule has 4 nitrogen and oxygen atoms in total. The fourth-order valence-corrected chi connectivity index (χ4v) is 3.81. The molecule has 152 valence electrons. The molecule has 1 fully saturated rings. The van der Waals surface area contributed by atoms with Crippen LogP contribution in [0.2, 0.25) is 0 Å². The molecule has 1 saturated carbocycles. The Morgan fingerprint density at radius 3 is 1.50 bits per heavy atom. The second-order valence-corrected chi connectivity index (χ2v) is 6.44. The number of hydrogen-bond donors (Lipinski definition) is 0. The zero-order valence-corrected chi connectivity index (χ0v) is 17.8. The number of rotatable bonds is 7. The van der Waals surface area contributed by atoms with Gasteiger partial charge in [-0.15, -0.1) is 0 Å². The first-order valence-corrected chi connectivity index (χ1v) is 9.94. The molecule has 0 aliphatic heterocycles. The van der Waals surface area contributed by atoms with Crippen LogP contribution in [-0.4, -0.2) is 25.2 Å². The molecule has 0 saturated heterocycles. The van der Waals surface area contributed by atoms with E-state index < -0.39 is 0 Å². The first-order valence-electron chi connectivity index (χ1n) is 9.94. The average Bonchev–Trinajstić information content (AvgIpc) is 2.97. The van der Waals surface area contributed by atoms with Crippen LogP contribution in [0.1, 0.15) is 67.2 Å². The van der Waals surface area contributed by atoms with E-state index in [1.807, 2.05) is 0 Å². The van der Waals surface area contributed by atoms with Crippen LogP contribution in [0.15, 0.2) is 25.3 Å². The van der Waals surface area contributed by atoms with Crippen LogP contribution in [0, 0.1) is 23.7 Å². The summed E-state index contributed by atoms with van der Waals surface area (Å²) in [6.07, 6.45) is 7.98. The van der Waals surface area contributed by atoms with Gasteiger partial charge in [-0.2, -0.15) is 0 Å². The fourth-order valence-electron chi connectivity index (χ4n) is 3.81. The lowest BCUT2D eigenvalue weighted by molar-refractivity contribution is -0.138. The van der Waals surface area contributed by atoms with E-state index in [0.29, 0.717) is 13.2 Å². The molecule has 0 amide bonds. The van der Waals surface area contributed by atoms with Gasteiger partial charge in [-0.3, -0.25) is 0 Å². The average molecular weight is 369 g/mol. The van der Waals surface area contributed by atoms with Crippen molar-refractivity contribution in [3.63, 3.8) is 0 Å². The first-order chi connectivity index (χ1) is 12.4. The summed E-state index contributed by atoms with van der Waals surface area (Å²) >= 11 is 0. The van der Waals surface area contributed by atoms with Crippen LogP contribution in [0.25, 0.3) is 0 Å². The van der Waals surface area contributed by atoms with E-state index in [1.165, 1.54) is 25.7 Å². The van der Waals surface area contributed by atoms with E-state index in [9.17, 15) is 9.59 Å². The van der Waals surface area contributed by atoms with Crippen molar-refractivity contribution < 1.29 is 19.1 Å². The molecule has 4 unspecified atom stereocenters. The maximum absolute atomic E-state index is 10.1. The highest BCUT2D eigenvalue weighted by Crippen LogP contribution is 2.45. The minimum absolute atomic E-state index is 0.359. The van der Waals surface area contributed by atoms with Crippen molar-refractivity contribution in [2.24, 2.45) is 23.7 Å². The molecule has 1 rings (SSSR count). The third-order valence-electron chi connectivity index (χ3n) is 4.93. The second-order valence-electron chi connectivity index (χ2n) is 6.44. The summed E-state index contributed by atoms with van der Waals surface area (Å²) in [6, 6.07) is 0. The molecule has 0 N–H and O–H groups in total. The van der Waals surface area contributed by atoms with Gasteiger partial charge in [0.25, 0.3) is 0 Å². The van der Waals surface area contributed by atoms with Gasteiger partial charge in [-0.05, 0) is 43.9 Å². The van der Waals surface area contributed by atoms with Crippen molar-refractivity contribution in [2.45, 2.75) is 67.2 Å². The van der Waals surface area contributed by atoms with Gasteiger partial charge in [0.15, 0.2) is 0 Å². The highest BCUT2D eigenvalue weighted by molar-refractivity contribution is 5.81. The zero-order chi connectivity index (χ0) is 20.5. The molecule has 0 bridgehead atoms. The topological polar surface area (TPSA) is 52.6 Å². The van der Waals surface area contributed by atoms with Gasteiger partial charge >= 0.3 is 11.9 Å². The summed E-state index contributed by atoms with van der Waals surface area (Å²) in [5, 5.41) is 0. The molecule has 1 aliphatic carbocycles. The van der Waals surface area contributed by atoms with Crippen LogP contribution in [-0.2, 0) is 19.1 Å². The Hall–Kier alpha value is -1.58. The van der Waals surface area contributed by atoms with E-state index in [4.69, 9.17) is 0 Å². The van der Waals surface area contributed by atoms with E-state index in [0.717, 1.165) is 35.8 Å². The van der Waals surface area contributed by atoms with Gasteiger partial charge in [-0.1, -0.05) is 60.1 Å². The second kappa shape index (κ2) is 16.9. The quantitative estimate of drug-likeness (QED) is 0.435. The highest BCUT2D eigenvalue weighted by Gasteiger charge is 2.37. The lowest BCUT2D eigenvalue weighted by atomic mass is 9.83. The van der Waals surface area contributed by atoms with Crippen molar-refractivity contribution in [3.8, 4) is 0 Å². The molecular formula is C22H40O4. The van der Waals surface area contributed by atoms with Crippen molar-refractivity contribution >= 4 is 11.9 Å². The lowest BCUT2D eigenvalue weighted by Crippen LogP contribution is -2.14. The van der Waals surface area contributed by atoms with Crippen molar-refractivity contribution in [3.05, 3.63) is 25.3 Å². The maximum Gasteiger partial charge on any atom is 0.330 e. The molecular weight excluding hydrogens is 328 g/mol. The van der Waals surface area contributed by atoms with Gasteiger partial charge in [0.1, 0.15) is 0 Å². The van der Waals surface area contributed by atoms with Gasteiger partial charge < -0.3 is 9.47 Å². The number of ether oxygens (including phenoxy) is 2. The van der Waals surface area contributed by atoms with Gasteiger partial charge in [-0.25, -0.2) is 9.59 Å². The Balaban J connectivity index is 0. The molecule has 0 aromatic carbocycles. The Labute approximate surface area is 161 Å². The third kappa shape index (κ3) is 11.1. The minimum Gasteiger partial charge on any atom is -0.463 e. The van der Waals surface area contributed by atoms with Gasteiger partial charge in [0.2, 0.25) is 0 Å². The summed E-state index contributed by atoms with van der Waals surface area (Å²) in [7, 11) is 0. The predicted octanol–water partition coefficient (Wildman–Crippen LogP) is 5.58. The molecule has 1 aliphatic rings. The SMILES string of the molecule is C=CC(=O)OCC.C=CC(=O)OCC.CCC1CC(C)C(CC)C1CC. The molecule has 0 radical (unpaired) electrons. The largest absolute Gasteiger partial charge is 0.463 e. The number of hydrogen-bond acceptors (Lipinski definition) is 4. The number of esters is 2. The fraction of sp³-hybridized carbons (Fsp3) is 0.727. The van der Waals surface area contributed by atoms with E-state index in [2.05, 4.69) is 50.3 Å². The van der Waals surface area contributed by atoms with Crippen LogP contribution in [0.4, 0.5) is 0 Å². The number of carbonyl (C=O) groups is 2. The van der Waals surface area contributed by atoms with Crippen molar-refractivity contribution in [1.29, 1.82) is 0 Å². The van der Waals surface area contributed by atoms with E-state index in [-0.39, 0.29) is 11.9 Å². The smallest absolute Gasteiger partial charge is 0.330 e. The van der Waals surface area contributed by atoms with Crippen LogP contribution in [0.5, 0.6) is 0 Å². The summed E-state index contributed by atoms with van der Waals surface area (Å²) in [5.74, 6) is 3.37. The molecule has 4 heteroatoms. The van der Waals surface area contributed by atoms with Crippen LogP contribution in [0.3, 0.4) is 0 Å². The molecule has 4 atom stereocenters. The summed E-state index contributed by atoms with van der Waals surface area (Å²) < 4.78 is 8.87. The number of carbonyl (C=O) groups excluding carboxylic acids is 2. The minimum atomic E-state index is -0.359. The Bertz CT molecular complexity index is 381. The molecule has 0 aromatic rings. The first kappa shape index (κ1) is 26.6. The monoisotopic (exact) mass is 368 g/mol. The molecule has 0 heterocycles. The van der Waals surface area contributed by atoms with E-state index >= 15 is 0 Å². The van der Waals surface area contributed by atoms with Crippen LogP contribution < -0.4 is 0 Å². The maximum atomic E-state index is 10.1. The Morgan fingerprint density at radius 2 is 1.27 bits per heavy atom. The van der Waals surface area contributed by atoms with Gasteiger partial charge in [0, 0.05) is 12.2 Å². The molecule has 0 spiro atoms. The zero-order valence-electron chi connectivity index (χ0n) is 17.8. The Kier molecular flexibility index (Phi) is 17.3. The van der Waals surface area contributed by atoms with Crippen LogP contribution >= 0.6 is 0 Å². The third-order valence-corrected chi connectivity index (χ3v) is 4.93. The highest BCUT2D eigenvalue weighted by atomic mass is 16.5. The van der Waals surface area contributed by atoms with Crippen molar-refractivity contribution in [2.75, 3.05) is 13.2 Å². The van der Waals surface area contributed by atoms with Crippen molar-refractivity contribution in [1.82, 2.24) is 0 Å². The summed E-state index contributed by atoms with van der Waals surface area (Å²) in [6.45, 7) is 20.3. The van der Waals surface area contributed by atoms with E-state index in [1.54, 1.807) is 13.8 Å². The molecule has 0 aromatic heterocycles. The van der Waals surface area contributed by atoms with Gasteiger partial charge in [0.05, 0.1) is 13.2 Å². The Morgan fingerprint density at radius 1 is 0.846 bits per heavy atom.